The molecular weight excluding hydrogens is 187 g/mol. The Hall–Kier alpha value is -0.310. The molecule has 7 heteroatoms. The molecule has 4 atom stereocenters. The maximum atomic E-state index is 12.8. The lowest BCUT2D eigenvalue weighted by Crippen LogP contribution is -2.66. The van der Waals surface area contributed by atoms with Crippen molar-refractivity contribution in [1.82, 2.24) is 0 Å². The second-order valence-corrected chi connectivity index (χ2v) is 3.00. The summed E-state index contributed by atoms with van der Waals surface area (Å²) >= 11 is 0. The lowest BCUT2D eigenvalue weighted by molar-refractivity contribution is -0.375. The van der Waals surface area contributed by atoms with Crippen LogP contribution in [-0.2, 0) is 4.74 Å². The number of halogens is 1. The van der Waals surface area contributed by atoms with Gasteiger partial charge in [-0.1, -0.05) is 0 Å². The minimum Gasteiger partial charge on any atom is -0.391 e. The van der Waals surface area contributed by atoms with Gasteiger partial charge in [0.1, 0.15) is 18.8 Å². The summed E-state index contributed by atoms with van der Waals surface area (Å²) in [5, 5.41) is 44.5. The van der Waals surface area contributed by atoms with Crippen LogP contribution in [0.15, 0.2) is 0 Å². The van der Waals surface area contributed by atoms with Gasteiger partial charge < -0.3 is 30.3 Å². The van der Waals surface area contributed by atoms with Crippen molar-refractivity contribution in [2.24, 2.45) is 0 Å². The molecule has 1 aliphatic rings. The van der Waals surface area contributed by atoms with Gasteiger partial charge in [0.25, 0.3) is 5.85 Å². The van der Waals surface area contributed by atoms with Crippen LogP contribution in [-0.4, -0.2) is 62.6 Å². The van der Waals surface area contributed by atoms with Gasteiger partial charge in [0.05, 0.1) is 6.61 Å². The van der Waals surface area contributed by atoms with Crippen molar-refractivity contribution in [3.05, 3.63) is 0 Å². The number of hydrogen-bond donors (Lipinski definition) is 5. The summed E-state index contributed by atoms with van der Waals surface area (Å²) in [5.41, 5.74) is 0. The second kappa shape index (κ2) is 3.12. The number of alkyl halides is 1. The van der Waals surface area contributed by atoms with E-state index in [9.17, 15) is 9.50 Å². The molecule has 0 radical (unpaired) electrons. The third-order valence-corrected chi connectivity index (χ3v) is 1.97. The highest BCUT2D eigenvalue weighted by atomic mass is 19.2. The summed E-state index contributed by atoms with van der Waals surface area (Å²) < 4.78 is 17.1. The maximum absolute atomic E-state index is 12.8. The van der Waals surface area contributed by atoms with Gasteiger partial charge in [-0.15, -0.1) is 0 Å². The first-order valence-electron chi connectivity index (χ1n) is 3.58. The molecule has 0 saturated carbocycles. The van der Waals surface area contributed by atoms with Gasteiger partial charge in [-0.05, 0) is 0 Å². The van der Waals surface area contributed by atoms with Gasteiger partial charge in [-0.2, -0.15) is 0 Å². The molecule has 1 aliphatic heterocycles. The summed E-state index contributed by atoms with van der Waals surface area (Å²) in [6, 6.07) is 0. The molecular formula is C6H11FO6. The van der Waals surface area contributed by atoms with Gasteiger partial charge in [0.15, 0.2) is 0 Å². The Morgan fingerprint density at radius 1 is 1.31 bits per heavy atom. The van der Waals surface area contributed by atoms with Crippen LogP contribution in [0.3, 0.4) is 0 Å². The highest BCUT2D eigenvalue weighted by Gasteiger charge is 2.56. The van der Waals surface area contributed by atoms with Gasteiger partial charge in [0.2, 0.25) is 5.79 Å². The Kier molecular flexibility index (Phi) is 2.59. The molecule has 0 spiro atoms. The van der Waals surface area contributed by atoms with E-state index < -0.39 is 37.1 Å². The first-order valence-corrected chi connectivity index (χ1v) is 3.58. The smallest absolute Gasteiger partial charge is 0.259 e. The number of aliphatic hydroxyl groups is 5. The predicted molar refractivity (Wildman–Crippen MR) is 36.1 cm³/mol. The van der Waals surface area contributed by atoms with E-state index in [-0.39, 0.29) is 0 Å². The topological polar surface area (TPSA) is 110 Å². The Morgan fingerprint density at radius 3 is 2.31 bits per heavy atom. The minimum atomic E-state index is -3.12. The molecule has 6 nitrogen and oxygen atoms in total. The Labute approximate surface area is 72.8 Å². The summed E-state index contributed by atoms with van der Waals surface area (Å²) in [6.07, 6.45) is -4.33. The zero-order valence-electron chi connectivity index (χ0n) is 6.59. The van der Waals surface area contributed by atoms with E-state index in [1.54, 1.807) is 0 Å². The van der Waals surface area contributed by atoms with E-state index in [0.717, 1.165) is 0 Å². The maximum Gasteiger partial charge on any atom is 0.259 e. The van der Waals surface area contributed by atoms with Gasteiger partial charge in [-0.25, -0.2) is 4.39 Å². The molecule has 78 valence electrons. The molecule has 0 bridgehead atoms. The quantitative estimate of drug-likeness (QED) is 0.308. The van der Waals surface area contributed by atoms with Crippen molar-refractivity contribution >= 4 is 0 Å². The fourth-order valence-electron chi connectivity index (χ4n) is 1.02. The van der Waals surface area contributed by atoms with E-state index in [1.165, 1.54) is 0 Å². The van der Waals surface area contributed by atoms with E-state index in [4.69, 9.17) is 20.4 Å². The standard InChI is InChI=1S/C6H11FO6/c7-5(11)2-13-6(12,1-8)4(10)3(5)9/h3-4,8-12H,1-2H2/t3-,4-,5+,6-/m0/s1. The van der Waals surface area contributed by atoms with E-state index >= 15 is 0 Å². The van der Waals surface area contributed by atoms with Gasteiger partial charge in [-0.3, -0.25) is 0 Å². The van der Waals surface area contributed by atoms with Crippen molar-refractivity contribution in [2.45, 2.75) is 23.8 Å². The molecule has 0 aromatic carbocycles. The van der Waals surface area contributed by atoms with Gasteiger partial charge in [0, 0.05) is 0 Å². The Morgan fingerprint density at radius 2 is 1.85 bits per heavy atom. The van der Waals surface area contributed by atoms with Crippen LogP contribution in [0.25, 0.3) is 0 Å². The van der Waals surface area contributed by atoms with E-state index in [0.29, 0.717) is 0 Å². The number of hydrogen-bond acceptors (Lipinski definition) is 6. The fraction of sp³-hybridized carbons (Fsp3) is 1.00. The summed E-state index contributed by atoms with van der Waals surface area (Å²) in [5.74, 6) is -5.56. The van der Waals surface area contributed by atoms with Crippen molar-refractivity contribution < 1.29 is 34.7 Å². The molecule has 0 unspecified atom stereocenters. The first-order chi connectivity index (χ1) is 5.83. The zero-order chi connectivity index (χ0) is 10.3. The lowest BCUT2D eigenvalue weighted by atomic mass is 9.96. The average molecular weight is 198 g/mol. The number of aliphatic hydroxyl groups excluding tert-OH is 3. The SMILES string of the molecule is OC[C@]1(O)OC[C@](O)(F)[C@@H](O)[C@@H]1O. The van der Waals surface area contributed by atoms with Crippen LogP contribution in [0.2, 0.25) is 0 Å². The highest BCUT2D eigenvalue weighted by molar-refractivity contribution is 4.95. The molecule has 1 saturated heterocycles. The summed E-state index contributed by atoms with van der Waals surface area (Å²) in [6.45, 7) is -2.04. The van der Waals surface area contributed by atoms with Gasteiger partial charge >= 0.3 is 0 Å². The second-order valence-electron chi connectivity index (χ2n) is 3.00. The number of ether oxygens (including phenoxy) is 1. The van der Waals surface area contributed by atoms with Crippen LogP contribution < -0.4 is 0 Å². The molecule has 5 N–H and O–H groups in total. The minimum absolute atomic E-state index is 1.01. The first kappa shape index (κ1) is 10.8. The van der Waals surface area contributed by atoms with Crippen LogP contribution >= 0.6 is 0 Å². The molecule has 1 heterocycles. The summed E-state index contributed by atoms with van der Waals surface area (Å²) in [4.78, 5) is 0. The third-order valence-electron chi connectivity index (χ3n) is 1.97. The molecule has 0 aliphatic carbocycles. The molecule has 0 aromatic rings. The Bertz CT molecular complexity index is 198. The normalized spacial score (nSPS) is 52.2. The zero-order valence-corrected chi connectivity index (χ0v) is 6.59. The fourth-order valence-corrected chi connectivity index (χ4v) is 1.02. The van der Waals surface area contributed by atoms with Crippen molar-refractivity contribution in [3.8, 4) is 0 Å². The van der Waals surface area contributed by atoms with Crippen LogP contribution in [0.5, 0.6) is 0 Å². The van der Waals surface area contributed by atoms with Crippen molar-refractivity contribution in [1.29, 1.82) is 0 Å². The summed E-state index contributed by atoms with van der Waals surface area (Å²) in [7, 11) is 0. The van der Waals surface area contributed by atoms with Crippen LogP contribution in [0.1, 0.15) is 0 Å². The predicted octanol–water partition coefficient (Wildman–Crippen LogP) is -2.92. The molecule has 0 amide bonds. The van der Waals surface area contributed by atoms with Crippen LogP contribution in [0, 0.1) is 0 Å². The monoisotopic (exact) mass is 198 g/mol. The van der Waals surface area contributed by atoms with E-state index in [2.05, 4.69) is 4.74 Å². The Balaban J connectivity index is 2.82. The molecule has 13 heavy (non-hydrogen) atoms. The van der Waals surface area contributed by atoms with E-state index in [1.807, 2.05) is 0 Å². The average Bonchev–Trinajstić information content (AvgIpc) is 2.10. The number of rotatable bonds is 1. The largest absolute Gasteiger partial charge is 0.391 e. The van der Waals surface area contributed by atoms with Crippen molar-refractivity contribution in [2.75, 3.05) is 13.2 Å². The van der Waals surface area contributed by atoms with Crippen molar-refractivity contribution in [3.63, 3.8) is 0 Å². The molecule has 1 fully saturated rings. The highest BCUT2D eigenvalue weighted by Crippen LogP contribution is 2.30. The molecule has 1 rings (SSSR count). The third kappa shape index (κ3) is 1.66. The van der Waals surface area contributed by atoms with Crippen LogP contribution in [0.4, 0.5) is 4.39 Å². The molecule has 0 aromatic heterocycles. The lowest BCUT2D eigenvalue weighted by Gasteiger charge is -2.42.